The molecule has 25 heavy (non-hydrogen) atoms. The number of aromatic nitrogens is 2. The summed E-state index contributed by atoms with van der Waals surface area (Å²) in [6.07, 6.45) is 1.73. The Hall–Kier alpha value is -1.89. The van der Waals surface area contributed by atoms with Gasteiger partial charge in [0.25, 0.3) is 5.56 Å². The number of thiophene rings is 1. The van der Waals surface area contributed by atoms with Gasteiger partial charge in [-0.05, 0) is 18.6 Å². The van der Waals surface area contributed by atoms with Gasteiger partial charge in [-0.3, -0.25) is 9.36 Å². The molecule has 0 bridgehead atoms. The highest BCUT2D eigenvalue weighted by atomic mass is 32.2. The van der Waals surface area contributed by atoms with E-state index in [-0.39, 0.29) is 5.56 Å². The second kappa shape index (κ2) is 8.47. The molecule has 0 atom stereocenters. The summed E-state index contributed by atoms with van der Waals surface area (Å²) in [5.41, 5.74) is 1.86. The van der Waals surface area contributed by atoms with Crippen molar-refractivity contribution >= 4 is 33.3 Å². The summed E-state index contributed by atoms with van der Waals surface area (Å²) in [6.45, 7) is 7.52. The Morgan fingerprint density at radius 1 is 1.36 bits per heavy atom. The lowest BCUT2D eigenvalue weighted by Gasteiger charge is -2.09. The minimum atomic E-state index is -0.00371. The first kappa shape index (κ1) is 17.9. The van der Waals surface area contributed by atoms with Crippen LogP contribution in [0.3, 0.4) is 0 Å². The van der Waals surface area contributed by atoms with Crippen LogP contribution in [0.1, 0.15) is 6.92 Å². The third kappa shape index (κ3) is 4.03. The van der Waals surface area contributed by atoms with Crippen molar-refractivity contribution in [2.24, 2.45) is 0 Å². The van der Waals surface area contributed by atoms with Gasteiger partial charge in [0, 0.05) is 23.8 Å². The van der Waals surface area contributed by atoms with E-state index in [1.807, 2.05) is 43.3 Å². The van der Waals surface area contributed by atoms with Gasteiger partial charge in [0.2, 0.25) is 0 Å². The Balaban J connectivity index is 2.02. The Morgan fingerprint density at radius 3 is 2.88 bits per heavy atom. The molecule has 6 heteroatoms. The molecule has 3 rings (SSSR count). The summed E-state index contributed by atoms with van der Waals surface area (Å²) in [5, 5.41) is 0.717. The third-order valence-electron chi connectivity index (χ3n) is 3.63. The molecule has 2 aromatic heterocycles. The van der Waals surface area contributed by atoms with Crippen LogP contribution in [-0.2, 0) is 11.3 Å². The number of fused-ring (bicyclic) bond motifs is 1. The van der Waals surface area contributed by atoms with E-state index in [9.17, 15) is 4.79 Å². The van der Waals surface area contributed by atoms with Crippen LogP contribution < -0.4 is 5.56 Å². The van der Waals surface area contributed by atoms with Gasteiger partial charge in [-0.15, -0.1) is 17.9 Å². The van der Waals surface area contributed by atoms with E-state index in [4.69, 9.17) is 9.72 Å². The van der Waals surface area contributed by atoms with Gasteiger partial charge in [0.15, 0.2) is 5.16 Å². The minimum Gasteiger partial charge on any atom is -0.381 e. The second-order valence-corrected chi connectivity index (χ2v) is 7.45. The van der Waals surface area contributed by atoms with Crippen molar-refractivity contribution in [3.05, 3.63) is 59.4 Å². The zero-order chi connectivity index (χ0) is 17.6. The zero-order valence-corrected chi connectivity index (χ0v) is 15.7. The fourth-order valence-corrected chi connectivity index (χ4v) is 4.38. The molecule has 0 unspecified atom stereocenters. The highest BCUT2D eigenvalue weighted by Crippen LogP contribution is 2.31. The van der Waals surface area contributed by atoms with Crippen LogP contribution >= 0.6 is 23.1 Å². The molecule has 0 N–H and O–H groups in total. The first-order chi connectivity index (χ1) is 12.2. The number of thioether (sulfide) groups is 1. The molecule has 0 aliphatic heterocycles. The number of hydrogen-bond acceptors (Lipinski definition) is 5. The third-order valence-corrected chi connectivity index (χ3v) is 5.73. The van der Waals surface area contributed by atoms with Gasteiger partial charge in [-0.25, -0.2) is 4.98 Å². The van der Waals surface area contributed by atoms with E-state index >= 15 is 0 Å². The number of hydrogen-bond donors (Lipinski definition) is 0. The SMILES string of the molecule is C=CCn1c(SCCOCC)nc2cc(-c3ccccc3)sc2c1=O. The first-order valence-electron chi connectivity index (χ1n) is 8.15. The molecule has 3 aromatic rings. The van der Waals surface area contributed by atoms with Crippen LogP contribution in [-0.4, -0.2) is 28.5 Å². The summed E-state index contributed by atoms with van der Waals surface area (Å²) in [4.78, 5) is 18.7. The smallest absolute Gasteiger partial charge is 0.272 e. The molecule has 0 aliphatic rings. The monoisotopic (exact) mass is 372 g/mol. The molecule has 0 saturated carbocycles. The first-order valence-corrected chi connectivity index (χ1v) is 9.96. The maximum absolute atomic E-state index is 12.9. The number of allylic oxidation sites excluding steroid dienone is 1. The lowest BCUT2D eigenvalue weighted by Crippen LogP contribution is -2.22. The van der Waals surface area contributed by atoms with Crippen LogP contribution in [0.2, 0.25) is 0 Å². The van der Waals surface area contributed by atoms with Gasteiger partial charge in [0.05, 0.1) is 12.1 Å². The fourth-order valence-electron chi connectivity index (χ4n) is 2.47. The largest absolute Gasteiger partial charge is 0.381 e. The standard InChI is InChI=1S/C19H20N2O2S2/c1-3-10-21-18(22)17-15(20-19(21)24-12-11-23-4-2)13-16(25-17)14-8-6-5-7-9-14/h3,5-9,13H,1,4,10-12H2,2H3. The van der Waals surface area contributed by atoms with Crippen LogP contribution in [0.15, 0.2) is 59.0 Å². The molecule has 0 saturated heterocycles. The second-order valence-electron chi connectivity index (χ2n) is 5.34. The molecule has 130 valence electrons. The molecular weight excluding hydrogens is 352 g/mol. The zero-order valence-electron chi connectivity index (χ0n) is 14.1. The molecule has 0 radical (unpaired) electrons. The molecule has 0 fully saturated rings. The van der Waals surface area contributed by atoms with Gasteiger partial charge in [0.1, 0.15) is 4.70 Å². The molecular formula is C19H20N2O2S2. The predicted molar refractivity (Wildman–Crippen MR) is 107 cm³/mol. The molecule has 0 aliphatic carbocycles. The highest BCUT2D eigenvalue weighted by Gasteiger charge is 2.14. The van der Waals surface area contributed by atoms with E-state index in [0.717, 1.165) is 26.9 Å². The Kier molecular flexibility index (Phi) is 6.07. The summed E-state index contributed by atoms with van der Waals surface area (Å²) < 4.78 is 7.76. The number of nitrogens with zero attached hydrogens (tertiary/aromatic N) is 2. The summed E-state index contributed by atoms with van der Waals surface area (Å²) >= 11 is 3.04. The number of rotatable bonds is 8. The van der Waals surface area contributed by atoms with Crippen LogP contribution in [0.4, 0.5) is 0 Å². The average molecular weight is 373 g/mol. The van der Waals surface area contributed by atoms with Gasteiger partial charge < -0.3 is 4.74 Å². The predicted octanol–water partition coefficient (Wildman–Crippen LogP) is 4.44. The van der Waals surface area contributed by atoms with Crippen molar-refractivity contribution in [2.75, 3.05) is 19.0 Å². The van der Waals surface area contributed by atoms with Crippen LogP contribution in [0.5, 0.6) is 0 Å². The minimum absolute atomic E-state index is 0.00371. The quantitative estimate of drug-likeness (QED) is 0.254. The van der Waals surface area contributed by atoms with Crippen molar-refractivity contribution in [3.63, 3.8) is 0 Å². The fraction of sp³-hybridized carbons (Fsp3) is 0.263. The van der Waals surface area contributed by atoms with E-state index < -0.39 is 0 Å². The van der Waals surface area contributed by atoms with Gasteiger partial charge in [-0.2, -0.15) is 0 Å². The molecule has 1 aromatic carbocycles. The van der Waals surface area contributed by atoms with Crippen molar-refractivity contribution in [1.29, 1.82) is 0 Å². The Labute approximate surface area is 155 Å². The number of benzene rings is 1. The molecule has 0 amide bonds. The Bertz CT molecular complexity index is 916. The summed E-state index contributed by atoms with van der Waals surface area (Å²) in [5.74, 6) is 0.763. The van der Waals surface area contributed by atoms with E-state index in [2.05, 4.69) is 6.58 Å². The van der Waals surface area contributed by atoms with Crippen molar-refractivity contribution in [3.8, 4) is 10.4 Å². The van der Waals surface area contributed by atoms with Crippen LogP contribution in [0.25, 0.3) is 20.7 Å². The normalized spacial score (nSPS) is 11.1. The van der Waals surface area contributed by atoms with E-state index in [1.54, 1.807) is 22.4 Å². The van der Waals surface area contributed by atoms with Gasteiger partial charge in [-0.1, -0.05) is 48.2 Å². The number of ether oxygens (including phenoxy) is 1. The lowest BCUT2D eigenvalue weighted by molar-refractivity contribution is 0.164. The summed E-state index contributed by atoms with van der Waals surface area (Å²) in [6, 6.07) is 12.1. The molecule has 0 spiro atoms. The van der Waals surface area contributed by atoms with E-state index in [0.29, 0.717) is 24.5 Å². The van der Waals surface area contributed by atoms with Crippen molar-refractivity contribution < 1.29 is 4.74 Å². The van der Waals surface area contributed by atoms with Crippen LogP contribution in [0, 0.1) is 0 Å². The average Bonchev–Trinajstić information content (AvgIpc) is 3.07. The van der Waals surface area contributed by atoms with E-state index in [1.165, 1.54) is 11.3 Å². The molecule has 2 heterocycles. The maximum Gasteiger partial charge on any atom is 0.272 e. The lowest BCUT2D eigenvalue weighted by atomic mass is 10.2. The van der Waals surface area contributed by atoms with Gasteiger partial charge >= 0.3 is 0 Å². The summed E-state index contributed by atoms with van der Waals surface area (Å²) in [7, 11) is 0. The van der Waals surface area contributed by atoms with Crippen molar-refractivity contribution in [1.82, 2.24) is 9.55 Å². The highest BCUT2D eigenvalue weighted by molar-refractivity contribution is 7.99. The maximum atomic E-state index is 12.9. The Morgan fingerprint density at radius 2 is 2.16 bits per heavy atom. The molecule has 4 nitrogen and oxygen atoms in total. The van der Waals surface area contributed by atoms with Crippen molar-refractivity contribution in [2.45, 2.75) is 18.6 Å². The topological polar surface area (TPSA) is 44.1 Å².